The van der Waals surface area contributed by atoms with Gasteiger partial charge in [0.15, 0.2) is 0 Å². The maximum absolute atomic E-state index is 11.8. The Balaban J connectivity index is 2.06. The van der Waals surface area contributed by atoms with Crippen LogP contribution in [0.3, 0.4) is 0 Å². The molecule has 1 N–H and O–H groups in total. The largest absolute Gasteiger partial charge is 0.310 e. The number of nitrogens with zero attached hydrogens (tertiary/aromatic N) is 2. The molecule has 2 aliphatic rings. The van der Waals surface area contributed by atoms with Gasteiger partial charge in [0, 0.05) is 25.4 Å². The van der Waals surface area contributed by atoms with E-state index in [1.165, 1.54) is 12.8 Å². The first-order valence-electron chi connectivity index (χ1n) is 5.54. The van der Waals surface area contributed by atoms with Gasteiger partial charge in [-0.3, -0.25) is 4.79 Å². The van der Waals surface area contributed by atoms with E-state index in [-0.39, 0.29) is 5.56 Å². The van der Waals surface area contributed by atoms with Crippen molar-refractivity contribution in [3.05, 3.63) is 27.4 Å². The van der Waals surface area contributed by atoms with Crippen molar-refractivity contribution in [1.29, 1.82) is 0 Å². The van der Waals surface area contributed by atoms with Crippen molar-refractivity contribution in [2.75, 3.05) is 13.6 Å². The van der Waals surface area contributed by atoms with Crippen LogP contribution < -0.4 is 5.56 Å². The second kappa shape index (κ2) is 3.17. The van der Waals surface area contributed by atoms with Crippen LogP contribution in [0.25, 0.3) is 0 Å². The van der Waals surface area contributed by atoms with E-state index in [0.717, 1.165) is 36.6 Å². The van der Waals surface area contributed by atoms with Crippen LogP contribution in [-0.4, -0.2) is 28.5 Å². The zero-order valence-electron chi connectivity index (χ0n) is 8.92. The van der Waals surface area contributed by atoms with Crippen LogP contribution in [0, 0.1) is 0 Å². The van der Waals surface area contributed by atoms with E-state index in [1.807, 2.05) is 7.05 Å². The van der Waals surface area contributed by atoms with Gasteiger partial charge >= 0.3 is 0 Å². The number of nitrogens with one attached hydrogen (secondary N) is 1. The van der Waals surface area contributed by atoms with Crippen LogP contribution in [0.15, 0.2) is 4.79 Å². The molecule has 1 aliphatic carbocycles. The molecule has 4 heteroatoms. The molecule has 1 saturated carbocycles. The first-order chi connectivity index (χ1) is 7.24. The average Bonchev–Trinajstić information content (AvgIpc) is 3.02. The average molecular weight is 205 g/mol. The number of hydrogen-bond donors (Lipinski definition) is 1. The summed E-state index contributed by atoms with van der Waals surface area (Å²) < 4.78 is 0. The molecule has 80 valence electrons. The fraction of sp³-hybridized carbons (Fsp3) is 0.636. The second-order valence-corrected chi connectivity index (χ2v) is 4.64. The third-order valence-electron chi connectivity index (χ3n) is 3.24. The normalized spacial score (nSPS) is 21.4. The molecule has 0 saturated heterocycles. The number of aromatic nitrogens is 2. The lowest BCUT2D eigenvalue weighted by atomic mass is 10.1. The molecule has 2 heterocycles. The fourth-order valence-electron chi connectivity index (χ4n) is 2.13. The van der Waals surface area contributed by atoms with E-state index in [0.29, 0.717) is 5.92 Å². The Bertz CT molecular complexity index is 448. The molecule has 0 atom stereocenters. The van der Waals surface area contributed by atoms with E-state index in [2.05, 4.69) is 14.9 Å². The number of hydrogen-bond acceptors (Lipinski definition) is 3. The van der Waals surface area contributed by atoms with Gasteiger partial charge in [-0.1, -0.05) is 0 Å². The number of rotatable bonds is 1. The van der Waals surface area contributed by atoms with Crippen LogP contribution in [0.4, 0.5) is 0 Å². The van der Waals surface area contributed by atoms with Crippen LogP contribution in [0.1, 0.15) is 35.8 Å². The Morgan fingerprint density at radius 3 is 3.00 bits per heavy atom. The number of H-pyrrole nitrogens is 1. The molecule has 0 amide bonds. The molecule has 1 aromatic rings. The first kappa shape index (κ1) is 9.09. The summed E-state index contributed by atoms with van der Waals surface area (Å²) in [4.78, 5) is 21.5. The van der Waals surface area contributed by atoms with Gasteiger partial charge in [0.1, 0.15) is 5.82 Å². The summed E-state index contributed by atoms with van der Waals surface area (Å²) in [6.45, 7) is 1.75. The standard InChI is InChI=1S/C11H15N3O/c1-14-5-4-9-8(6-14)11(15)13-10(12-9)7-2-3-7/h7H,2-6H2,1H3,(H,12,13,15). The molecular weight excluding hydrogens is 190 g/mol. The zero-order chi connectivity index (χ0) is 10.4. The predicted molar refractivity (Wildman–Crippen MR) is 56.9 cm³/mol. The van der Waals surface area contributed by atoms with Crippen molar-refractivity contribution in [1.82, 2.24) is 14.9 Å². The number of fused-ring (bicyclic) bond motifs is 1. The fourth-order valence-corrected chi connectivity index (χ4v) is 2.13. The van der Waals surface area contributed by atoms with Crippen molar-refractivity contribution in [2.24, 2.45) is 0 Å². The highest BCUT2D eigenvalue weighted by molar-refractivity contribution is 5.22. The van der Waals surface area contributed by atoms with E-state index >= 15 is 0 Å². The van der Waals surface area contributed by atoms with Gasteiger partial charge in [0.2, 0.25) is 0 Å². The van der Waals surface area contributed by atoms with Gasteiger partial charge in [0.05, 0.1) is 11.3 Å². The molecular formula is C11H15N3O. The van der Waals surface area contributed by atoms with E-state index in [9.17, 15) is 4.79 Å². The van der Waals surface area contributed by atoms with Crippen LogP contribution in [0.5, 0.6) is 0 Å². The van der Waals surface area contributed by atoms with Crippen molar-refractivity contribution in [3.8, 4) is 0 Å². The van der Waals surface area contributed by atoms with Gasteiger partial charge in [-0.15, -0.1) is 0 Å². The van der Waals surface area contributed by atoms with E-state index in [4.69, 9.17) is 0 Å². The van der Waals surface area contributed by atoms with Gasteiger partial charge in [-0.25, -0.2) is 4.98 Å². The first-order valence-corrected chi connectivity index (χ1v) is 5.54. The van der Waals surface area contributed by atoms with Crippen molar-refractivity contribution < 1.29 is 0 Å². The minimum absolute atomic E-state index is 0.0773. The predicted octanol–water partition coefficient (Wildman–Crippen LogP) is 0.635. The minimum Gasteiger partial charge on any atom is -0.310 e. The lowest BCUT2D eigenvalue weighted by Crippen LogP contribution is -2.33. The number of aromatic amines is 1. The van der Waals surface area contributed by atoms with Crippen molar-refractivity contribution in [2.45, 2.75) is 31.7 Å². The molecule has 0 unspecified atom stereocenters. The molecule has 15 heavy (non-hydrogen) atoms. The molecule has 1 fully saturated rings. The Kier molecular flexibility index (Phi) is 1.92. The zero-order valence-corrected chi connectivity index (χ0v) is 8.92. The van der Waals surface area contributed by atoms with Crippen LogP contribution in [-0.2, 0) is 13.0 Å². The Hall–Kier alpha value is -1.16. The molecule has 1 aromatic heterocycles. The van der Waals surface area contributed by atoms with Crippen LogP contribution in [0.2, 0.25) is 0 Å². The summed E-state index contributed by atoms with van der Waals surface area (Å²) in [5.74, 6) is 1.45. The molecule has 0 aromatic carbocycles. The Labute approximate surface area is 88.3 Å². The summed E-state index contributed by atoms with van der Waals surface area (Å²) in [5.41, 5.74) is 1.97. The lowest BCUT2D eigenvalue weighted by molar-refractivity contribution is 0.307. The summed E-state index contributed by atoms with van der Waals surface area (Å²) in [6.07, 6.45) is 3.28. The maximum atomic E-state index is 11.8. The number of likely N-dealkylation sites (N-methyl/N-ethyl adjacent to an activating group) is 1. The highest BCUT2D eigenvalue weighted by Gasteiger charge is 2.28. The second-order valence-electron chi connectivity index (χ2n) is 4.64. The highest BCUT2D eigenvalue weighted by atomic mass is 16.1. The quantitative estimate of drug-likeness (QED) is 0.731. The molecule has 3 rings (SSSR count). The monoisotopic (exact) mass is 205 g/mol. The summed E-state index contributed by atoms with van der Waals surface area (Å²) in [5, 5.41) is 0. The lowest BCUT2D eigenvalue weighted by Gasteiger charge is -2.23. The van der Waals surface area contributed by atoms with Gasteiger partial charge in [0.25, 0.3) is 5.56 Å². The summed E-state index contributed by atoms with van der Waals surface area (Å²) in [6, 6.07) is 0. The third kappa shape index (κ3) is 1.59. The molecule has 4 nitrogen and oxygen atoms in total. The molecule has 1 aliphatic heterocycles. The SMILES string of the molecule is CN1CCc2nc(C3CC3)[nH]c(=O)c2C1. The van der Waals surface area contributed by atoms with Crippen molar-refractivity contribution >= 4 is 0 Å². The summed E-state index contributed by atoms with van der Waals surface area (Å²) in [7, 11) is 2.04. The topological polar surface area (TPSA) is 49.0 Å². The third-order valence-corrected chi connectivity index (χ3v) is 3.24. The maximum Gasteiger partial charge on any atom is 0.255 e. The highest BCUT2D eigenvalue weighted by Crippen LogP contribution is 2.37. The minimum atomic E-state index is 0.0773. The molecule has 0 radical (unpaired) electrons. The van der Waals surface area contributed by atoms with Crippen LogP contribution >= 0.6 is 0 Å². The molecule has 0 spiro atoms. The smallest absolute Gasteiger partial charge is 0.255 e. The van der Waals surface area contributed by atoms with E-state index < -0.39 is 0 Å². The van der Waals surface area contributed by atoms with E-state index in [1.54, 1.807) is 0 Å². The Morgan fingerprint density at radius 1 is 1.47 bits per heavy atom. The Morgan fingerprint density at radius 2 is 2.27 bits per heavy atom. The summed E-state index contributed by atoms with van der Waals surface area (Å²) >= 11 is 0. The van der Waals surface area contributed by atoms with Gasteiger partial charge in [-0.2, -0.15) is 0 Å². The molecule has 0 bridgehead atoms. The van der Waals surface area contributed by atoms with Gasteiger partial charge < -0.3 is 9.88 Å². The van der Waals surface area contributed by atoms with Gasteiger partial charge in [-0.05, 0) is 19.9 Å². The van der Waals surface area contributed by atoms with Crippen molar-refractivity contribution in [3.63, 3.8) is 0 Å².